The summed E-state index contributed by atoms with van der Waals surface area (Å²) < 4.78 is 15.6. The Labute approximate surface area is 207 Å². The Balaban J connectivity index is 1.18. The molecule has 2 fully saturated rings. The maximum atomic E-state index is 13.4. The zero-order chi connectivity index (χ0) is 24.0. The van der Waals surface area contributed by atoms with Crippen molar-refractivity contribution in [2.45, 2.75) is 45.1 Å². The molecule has 1 N–H and O–H groups in total. The van der Waals surface area contributed by atoms with Crippen LogP contribution in [0.4, 0.5) is 10.3 Å². The van der Waals surface area contributed by atoms with E-state index in [1.807, 2.05) is 30.3 Å². The summed E-state index contributed by atoms with van der Waals surface area (Å²) in [6.45, 7) is 6.51. The lowest BCUT2D eigenvalue weighted by Crippen LogP contribution is -2.42. The number of nitrogens with zero attached hydrogens (tertiary/aromatic N) is 4. The molecule has 0 saturated carbocycles. The van der Waals surface area contributed by atoms with Gasteiger partial charge in [-0.15, -0.1) is 0 Å². The summed E-state index contributed by atoms with van der Waals surface area (Å²) >= 11 is 0. The number of nitrogens with one attached hydrogen (secondary N) is 1. The first-order valence-corrected chi connectivity index (χ1v) is 13.1. The molecule has 2 aromatic carbocycles. The molecule has 1 aromatic heterocycles. The minimum atomic E-state index is -0.226. The first-order valence-electron chi connectivity index (χ1n) is 13.1. The number of imidazole rings is 1. The van der Waals surface area contributed by atoms with Crippen LogP contribution in [0.15, 0.2) is 48.5 Å². The van der Waals surface area contributed by atoms with Crippen molar-refractivity contribution < 1.29 is 9.18 Å². The Hall–Kier alpha value is -2.93. The van der Waals surface area contributed by atoms with Crippen molar-refractivity contribution in [1.82, 2.24) is 19.8 Å². The van der Waals surface area contributed by atoms with Crippen molar-refractivity contribution in [3.8, 4) is 0 Å². The number of hydrogen-bond donors (Lipinski definition) is 1. The first kappa shape index (κ1) is 23.8. The lowest BCUT2D eigenvalue weighted by molar-refractivity contribution is -0.125. The van der Waals surface area contributed by atoms with Gasteiger partial charge in [0.25, 0.3) is 0 Å². The molecule has 7 heteroatoms. The quantitative estimate of drug-likeness (QED) is 0.488. The second-order valence-electron chi connectivity index (χ2n) is 9.92. The van der Waals surface area contributed by atoms with E-state index in [-0.39, 0.29) is 17.6 Å². The summed E-state index contributed by atoms with van der Waals surface area (Å²) in [6, 6.07) is 14.8. The van der Waals surface area contributed by atoms with Crippen molar-refractivity contribution in [3.63, 3.8) is 0 Å². The number of amides is 1. The third kappa shape index (κ3) is 5.84. The predicted molar refractivity (Wildman–Crippen MR) is 138 cm³/mol. The van der Waals surface area contributed by atoms with Gasteiger partial charge in [-0.1, -0.05) is 30.7 Å². The second kappa shape index (κ2) is 11.2. The molecule has 0 aliphatic carbocycles. The van der Waals surface area contributed by atoms with Crippen molar-refractivity contribution in [1.29, 1.82) is 0 Å². The van der Waals surface area contributed by atoms with Crippen LogP contribution in [0.25, 0.3) is 11.0 Å². The van der Waals surface area contributed by atoms with Gasteiger partial charge in [0.05, 0.1) is 17.6 Å². The van der Waals surface area contributed by atoms with E-state index in [0.717, 1.165) is 68.0 Å². The Kier molecular flexibility index (Phi) is 7.62. The highest BCUT2D eigenvalue weighted by atomic mass is 19.1. The number of piperidine rings is 2. The molecule has 3 aromatic rings. The largest absolute Gasteiger partial charge is 0.356 e. The van der Waals surface area contributed by atoms with Crippen LogP contribution in [0.5, 0.6) is 0 Å². The number of fused-ring (bicyclic) bond motifs is 1. The van der Waals surface area contributed by atoms with Gasteiger partial charge in [0.2, 0.25) is 11.9 Å². The fraction of sp³-hybridized carbons (Fsp3) is 0.500. The number of carbonyl (C=O) groups excluding carboxylic acids is 1. The molecule has 3 heterocycles. The monoisotopic (exact) mass is 477 g/mol. The minimum Gasteiger partial charge on any atom is -0.356 e. The normalized spacial score (nSPS) is 17.7. The van der Waals surface area contributed by atoms with Gasteiger partial charge in [0.15, 0.2) is 0 Å². The third-order valence-electron chi connectivity index (χ3n) is 7.44. The summed E-state index contributed by atoms with van der Waals surface area (Å²) in [6.07, 6.45) is 6.66. The predicted octanol–water partition coefficient (Wildman–Crippen LogP) is 4.43. The molecule has 2 saturated heterocycles. The Bertz CT molecular complexity index is 1110. The molecule has 0 radical (unpaired) electrons. The topological polar surface area (TPSA) is 53.4 Å². The molecule has 0 unspecified atom stereocenters. The molecule has 5 rings (SSSR count). The average Bonchev–Trinajstić information content (AvgIpc) is 3.27. The Morgan fingerprint density at radius 2 is 1.71 bits per heavy atom. The van der Waals surface area contributed by atoms with Gasteiger partial charge in [-0.2, -0.15) is 0 Å². The van der Waals surface area contributed by atoms with E-state index in [1.165, 1.54) is 44.5 Å². The van der Waals surface area contributed by atoms with E-state index >= 15 is 0 Å². The lowest BCUT2D eigenvalue weighted by Gasteiger charge is -2.32. The summed E-state index contributed by atoms with van der Waals surface area (Å²) in [5, 5.41) is 3.18. The van der Waals surface area contributed by atoms with E-state index in [4.69, 9.17) is 4.98 Å². The molecule has 0 atom stereocenters. The number of rotatable bonds is 8. The maximum Gasteiger partial charge on any atom is 0.223 e. The van der Waals surface area contributed by atoms with Gasteiger partial charge in [0, 0.05) is 25.6 Å². The molecule has 2 aliphatic heterocycles. The van der Waals surface area contributed by atoms with E-state index in [1.54, 1.807) is 0 Å². The van der Waals surface area contributed by atoms with Gasteiger partial charge >= 0.3 is 0 Å². The molecule has 1 amide bonds. The Morgan fingerprint density at radius 3 is 2.49 bits per heavy atom. The number of carbonyl (C=O) groups is 1. The number of benzene rings is 2. The smallest absolute Gasteiger partial charge is 0.223 e. The van der Waals surface area contributed by atoms with Crippen LogP contribution in [0.3, 0.4) is 0 Å². The van der Waals surface area contributed by atoms with Crippen molar-refractivity contribution in [2.24, 2.45) is 5.92 Å². The molecule has 35 heavy (non-hydrogen) atoms. The molecule has 6 nitrogen and oxygen atoms in total. The van der Waals surface area contributed by atoms with Crippen LogP contribution < -0.4 is 10.2 Å². The van der Waals surface area contributed by atoms with E-state index < -0.39 is 0 Å². The van der Waals surface area contributed by atoms with Gasteiger partial charge in [-0.3, -0.25) is 4.79 Å². The van der Waals surface area contributed by atoms with Crippen LogP contribution >= 0.6 is 0 Å². The molecule has 0 bridgehead atoms. The standard InChI is InChI=1S/C28H36FN5O/c29-24-11-9-22(10-12-24)21-34-26-8-3-2-7-25(26)31-28(34)33-19-13-23(14-20-33)27(35)30-15-6-18-32-16-4-1-5-17-32/h2-3,7-12,23H,1,4-6,13-21H2,(H,30,35). The van der Waals surface area contributed by atoms with E-state index in [2.05, 4.69) is 25.8 Å². The first-order chi connectivity index (χ1) is 17.2. The molecule has 186 valence electrons. The summed E-state index contributed by atoms with van der Waals surface area (Å²) in [5.41, 5.74) is 3.06. The van der Waals surface area contributed by atoms with Gasteiger partial charge in [0.1, 0.15) is 5.82 Å². The summed E-state index contributed by atoms with van der Waals surface area (Å²) in [7, 11) is 0. The van der Waals surface area contributed by atoms with Crippen LogP contribution in [-0.4, -0.2) is 59.6 Å². The molecular weight excluding hydrogens is 441 g/mol. The minimum absolute atomic E-state index is 0.0659. The number of halogens is 1. The molecular formula is C28H36FN5O. The van der Waals surface area contributed by atoms with Crippen LogP contribution in [0.1, 0.15) is 44.1 Å². The number of anilines is 1. The zero-order valence-electron chi connectivity index (χ0n) is 20.5. The Morgan fingerprint density at radius 1 is 0.971 bits per heavy atom. The van der Waals surface area contributed by atoms with E-state index in [0.29, 0.717) is 6.54 Å². The molecule has 0 spiro atoms. The van der Waals surface area contributed by atoms with Crippen molar-refractivity contribution in [3.05, 3.63) is 59.9 Å². The van der Waals surface area contributed by atoms with E-state index in [9.17, 15) is 9.18 Å². The lowest BCUT2D eigenvalue weighted by atomic mass is 9.96. The van der Waals surface area contributed by atoms with Gasteiger partial charge < -0.3 is 19.7 Å². The average molecular weight is 478 g/mol. The summed E-state index contributed by atoms with van der Waals surface area (Å²) in [4.78, 5) is 22.5. The number of aromatic nitrogens is 2. The number of hydrogen-bond acceptors (Lipinski definition) is 4. The summed E-state index contributed by atoms with van der Waals surface area (Å²) in [5.74, 6) is 0.964. The van der Waals surface area contributed by atoms with Crippen molar-refractivity contribution in [2.75, 3.05) is 44.2 Å². The van der Waals surface area contributed by atoms with Gasteiger partial charge in [-0.05, 0) is 81.6 Å². The fourth-order valence-electron chi connectivity index (χ4n) is 5.42. The maximum absolute atomic E-state index is 13.4. The highest BCUT2D eigenvalue weighted by Crippen LogP contribution is 2.28. The molecule has 2 aliphatic rings. The number of para-hydroxylation sites is 2. The van der Waals surface area contributed by atoms with Crippen LogP contribution in [0, 0.1) is 11.7 Å². The van der Waals surface area contributed by atoms with Crippen LogP contribution in [0.2, 0.25) is 0 Å². The highest BCUT2D eigenvalue weighted by molar-refractivity contribution is 5.80. The number of likely N-dealkylation sites (tertiary alicyclic amines) is 1. The van der Waals surface area contributed by atoms with Crippen LogP contribution in [-0.2, 0) is 11.3 Å². The zero-order valence-corrected chi connectivity index (χ0v) is 20.5. The van der Waals surface area contributed by atoms with Crippen molar-refractivity contribution >= 4 is 22.9 Å². The van der Waals surface area contributed by atoms with Gasteiger partial charge in [-0.25, -0.2) is 9.37 Å². The highest BCUT2D eigenvalue weighted by Gasteiger charge is 2.27. The third-order valence-corrected chi connectivity index (χ3v) is 7.44. The second-order valence-corrected chi connectivity index (χ2v) is 9.92. The fourth-order valence-corrected chi connectivity index (χ4v) is 5.42. The SMILES string of the molecule is O=C(NCCCN1CCCCC1)C1CCN(c2nc3ccccc3n2Cc2ccc(F)cc2)CC1.